The lowest BCUT2D eigenvalue weighted by molar-refractivity contribution is -0.142. The van der Waals surface area contributed by atoms with Crippen LogP contribution in [0.2, 0.25) is 0 Å². The van der Waals surface area contributed by atoms with Gasteiger partial charge in [0.2, 0.25) is 0 Å². The van der Waals surface area contributed by atoms with Crippen molar-refractivity contribution in [3.8, 4) is 0 Å². The first-order chi connectivity index (χ1) is 9.84. The second kappa shape index (κ2) is 5.81. The van der Waals surface area contributed by atoms with Gasteiger partial charge in [-0.15, -0.1) is 0 Å². The van der Waals surface area contributed by atoms with Crippen LogP contribution in [0.5, 0.6) is 0 Å². The average Bonchev–Trinajstić information content (AvgIpc) is 2.41. The molecule has 0 aromatic heterocycles. The van der Waals surface area contributed by atoms with Gasteiger partial charge in [-0.3, -0.25) is 0 Å². The van der Waals surface area contributed by atoms with Crippen LogP contribution in [0.25, 0.3) is 0 Å². The molecule has 2 rings (SSSR count). The van der Waals surface area contributed by atoms with Crippen LogP contribution in [0.3, 0.4) is 0 Å². The highest BCUT2D eigenvalue weighted by Crippen LogP contribution is 2.32. The van der Waals surface area contributed by atoms with E-state index < -0.39 is 23.1 Å². The molecule has 0 amide bonds. The zero-order valence-corrected chi connectivity index (χ0v) is 12.6. The molecule has 6 heteroatoms. The van der Waals surface area contributed by atoms with Crippen molar-refractivity contribution in [2.45, 2.75) is 12.5 Å². The molecular weight excluding hydrogens is 344 g/mol. The van der Waals surface area contributed by atoms with Crippen LogP contribution < -0.4 is 5.32 Å². The highest BCUT2D eigenvalue weighted by Gasteiger charge is 2.38. The van der Waals surface area contributed by atoms with Gasteiger partial charge < -0.3 is 10.4 Å². The minimum absolute atomic E-state index is 0.146. The Labute approximate surface area is 128 Å². The topological polar surface area (TPSA) is 49.3 Å². The summed E-state index contributed by atoms with van der Waals surface area (Å²) in [5.74, 6) is -2.95. The van der Waals surface area contributed by atoms with E-state index in [-0.39, 0.29) is 5.56 Å². The second-order valence-corrected chi connectivity index (χ2v) is 5.51. The molecule has 0 radical (unpaired) electrons. The molecular formula is C15H12BrF2NO2. The third kappa shape index (κ3) is 3.05. The van der Waals surface area contributed by atoms with E-state index in [1.165, 1.54) is 6.92 Å². The molecule has 0 bridgehead atoms. The first kappa shape index (κ1) is 15.4. The maximum absolute atomic E-state index is 14.0. The molecule has 0 fully saturated rings. The van der Waals surface area contributed by atoms with Crippen molar-refractivity contribution < 1.29 is 18.7 Å². The first-order valence-electron chi connectivity index (χ1n) is 6.06. The molecule has 0 aliphatic carbocycles. The first-order valence-corrected chi connectivity index (χ1v) is 6.85. The van der Waals surface area contributed by atoms with E-state index in [2.05, 4.69) is 21.2 Å². The quantitative estimate of drug-likeness (QED) is 0.866. The van der Waals surface area contributed by atoms with Crippen LogP contribution in [-0.4, -0.2) is 11.1 Å². The summed E-state index contributed by atoms with van der Waals surface area (Å²) in [5, 5.41) is 12.3. The lowest BCUT2D eigenvalue weighted by atomic mass is 9.91. The Morgan fingerprint density at radius 1 is 1.24 bits per heavy atom. The van der Waals surface area contributed by atoms with E-state index in [1.807, 2.05) is 0 Å². The lowest BCUT2D eigenvalue weighted by Crippen LogP contribution is -2.41. The number of carboxylic acid groups (broad SMARTS) is 1. The Bertz CT molecular complexity index is 693. The van der Waals surface area contributed by atoms with Gasteiger partial charge >= 0.3 is 5.97 Å². The maximum Gasteiger partial charge on any atom is 0.333 e. The van der Waals surface area contributed by atoms with Gasteiger partial charge in [0, 0.05) is 21.8 Å². The molecule has 2 N–H and O–H groups in total. The number of rotatable bonds is 4. The molecule has 0 heterocycles. The summed E-state index contributed by atoms with van der Waals surface area (Å²) in [6.45, 7) is 1.32. The van der Waals surface area contributed by atoms with Gasteiger partial charge in [0.05, 0.1) is 0 Å². The van der Waals surface area contributed by atoms with Crippen LogP contribution in [0, 0.1) is 11.6 Å². The Hall–Kier alpha value is -1.95. The number of carbonyl (C=O) groups is 1. The van der Waals surface area contributed by atoms with Crippen LogP contribution in [0.15, 0.2) is 46.9 Å². The summed E-state index contributed by atoms with van der Waals surface area (Å²) in [4.78, 5) is 11.6. The van der Waals surface area contributed by atoms with Crippen molar-refractivity contribution in [2.24, 2.45) is 0 Å². The van der Waals surface area contributed by atoms with Gasteiger partial charge in [-0.05, 0) is 41.1 Å². The highest BCUT2D eigenvalue weighted by molar-refractivity contribution is 9.10. The Balaban J connectivity index is 2.51. The standard InChI is InChI=1S/C15H12BrF2NO2/c1-15(14(20)21,10-7-6-9(17)8-12(10)18)19-13-5-3-2-4-11(13)16/h2-8,19H,1H3,(H,20,21). The number of hydrogen-bond acceptors (Lipinski definition) is 2. The number of halogens is 3. The highest BCUT2D eigenvalue weighted by atomic mass is 79.9. The largest absolute Gasteiger partial charge is 0.479 e. The van der Waals surface area contributed by atoms with Crippen molar-refractivity contribution in [1.82, 2.24) is 0 Å². The monoisotopic (exact) mass is 355 g/mol. The summed E-state index contributed by atoms with van der Waals surface area (Å²) < 4.78 is 27.6. The van der Waals surface area contributed by atoms with Crippen molar-refractivity contribution in [3.05, 3.63) is 64.1 Å². The predicted molar refractivity (Wildman–Crippen MR) is 79.1 cm³/mol. The molecule has 0 aliphatic rings. The van der Waals surface area contributed by atoms with Crippen LogP contribution >= 0.6 is 15.9 Å². The number of aliphatic carboxylic acids is 1. The SMILES string of the molecule is CC(Nc1ccccc1Br)(C(=O)O)c1ccc(F)cc1F. The number of anilines is 1. The normalized spacial score (nSPS) is 13.5. The van der Waals surface area contributed by atoms with Crippen molar-refractivity contribution >= 4 is 27.6 Å². The van der Waals surface area contributed by atoms with Gasteiger partial charge in [-0.25, -0.2) is 13.6 Å². The Morgan fingerprint density at radius 3 is 2.48 bits per heavy atom. The van der Waals surface area contributed by atoms with E-state index >= 15 is 0 Å². The average molecular weight is 356 g/mol. The second-order valence-electron chi connectivity index (χ2n) is 4.66. The van der Waals surface area contributed by atoms with E-state index in [0.717, 1.165) is 12.1 Å². The van der Waals surface area contributed by atoms with Gasteiger partial charge in [0.25, 0.3) is 0 Å². The number of para-hydroxylation sites is 1. The van der Waals surface area contributed by atoms with E-state index in [4.69, 9.17) is 0 Å². The Kier molecular flexibility index (Phi) is 4.27. The Morgan fingerprint density at radius 2 is 1.90 bits per heavy atom. The summed E-state index contributed by atoms with van der Waals surface area (Å²) in [5.41, 5.74) is -1.39. The number of nitrogens with one attached hydrogen (secondary N) is 1. The molecule has 2 aromatic rings. The van der Waals surface area contributed by atoms with Crippen molar-refractivity contribution in [1.29, 1.82) is 0 Å². The summed E-state index contributed by atoms with van der Waals surface area (Å²) in [6, 6.07) is 9.70. The molecule has 0 spiro atoms. The zero-order chi connectivity index (χ0) is 15.6. The smallest absolute Gasteiger partial charge is 0.333 e. The zero-order valence-electron chi connectivity index (χ0n) is 11.0. The fourth-order valence-corrected chi connectivity index (χ4v) is 2.35. The van der Waals surface area contributed by atoms with E-state index in [0.29, 0.717) is 16.2 Å². The molecule has 21 heavy (non-hydrogen) atoms. The number of carboxylic acids is 1. The molecule has 110 valence electrons. The summed E-state index contributed by atoms with van der Waals surface area (Å²) >= 11 is 3.29. The molecule has 1 unspecified atom stereocenters. The van der Waals surface area contributed by atoms with Crippen molar-refractivity contribution in [2.75, 3.05) is 5.32 Å². The van der Waals surface area contributed by atoms with Gasteiger partial charge in [0.15, 0.2) is 5.54 Å². The van der Waals surface area contributed by atoms with Crippen LogP contribution in [0.1, 0.15) is 12.5 Å². The minimum Gasteiger partial charge on any atom is -0.479 e. The van der Waals surface area contributed by atoms with E-state index in [1.54, 1.807) is 24.3 Å². The third-order valence-electron chi connectivity index (χ3n) is 3.16. The molecule has 1 atom stereocenters. The third-order valence-corrected chi connectivity index (χ3v) is 3.85. The van der Waals surface area contributed by atoms with Gasteiger partial charge in [0.1, 0.15) is 11.6 Å². The lowest BCUT2D eigenvalue weighted by Gasteiger charge is -2.28. The fraction of sp³-hybridized carbons (Fsp3) is 0.133. The molecule has 0 saturated carbocycles. The number of benzene rings is 2. The summed E-state index contributed by atoms with van der Waals surface area (Å²) in [6.07, 6.45) is 0. The predicted octanol–water partition coefficient (Wildman–Crippen LogP) is 4.14. The summed E-state index contributed by atoms with van der Waals surface area (Å²) in [7, 11) is 0. The fourth-order valence-electron chi connectivity index (χ4n) is 1.96. The van der Waals surface area contributed by atoms with Crippen LogP contribution in [0.4, 0.5) is 14.5 Å². The molecule has 0 saturated heterocycles. The molecule has 3 nitrogen and oxygen atoms in total. The number of hydrogen-bond donors (Lipinski definition) is 2. The van der Waals surface area contributed by atoms with E-state index in [9.17, 15) is 18.7 Å². The molecule has 0 aliphatic heterocycles. The molecule has 2 aromatic carbocycles. The maximum atomic E-state index is 14.0. The van der Waals surface area contributed by atoms with Crippen molar-refractivity contribution in [3.63, 3.8) is 0 Å². The minimum atomic E-state index is -1.73. The van der Waals surface area contributed by atoms with Gasteiger partial charge in [-0.2, -0.15) is 0 Å². The van der Waals surface area contributed by atoms with Crippen LogP contribution in [-0.2, 0) is 10.3 Å². The van der Waals surface area contributed by atoms with Gasteiger partial charge in [-0.1, -0.05) is 18.2 Å².